The highest BCUT2D eigenvalue weighted by Gasteiger charge is 2.18. The van der Waals surface area contributed by atoms with Crippen molar-refractivity contribution >= 4 is 17.7 Å². The molecule has 1 aromatic rings. The maximum atomic E-state index is 11.9. The topological polar surface area (TPSA) is 101 Å². The highest BCUT2D eigenvalue weighted by Crippen LogP contribution is 2.16. The lowest BCUT2D eigenvalue weighted by Crippen LogP contribution is -2.28. The zero-order valence-corrected chi connectivity index (χ0v) is 10.9. The lowest BCUT2D eigenvalue weighted by Gasteiger charge is -2.16. The van der Waals surface area contributed by atoms with E-state index in [0.29, 0.717) is 5.95 Å². The molecule has 1 aliphatic heterocycles. The number of aromatic nitrogens is 2. The summed E-state index contributed by atoms with van der Waals surface area (Å²) in [5, 5.41) is 0. The number of aromatic amines is 1. The van der Waals surface area contributed by atoms with Gasteiger partial charge in [-0.25, -0.2) is 0 Å². The molecule has 0 unspecified atom stereocenters. The molecule has 7 heteroatoms. The van der Waals surface area contributed by atoms with Crippen molar-refractivity contribution in [2.75, 3.05) is 30.3 Å². The predicted molar refractivity (Wildman–Crippen MR) is 71.1 cm³/mol. The maximum Gasteiger partial charge on any atom is 0.310 e. The van der Waals surface area contributed by atoms with Crippen molar-refractivity contribution in [1.29, 1.82) is 0 Å². The van der Waals surface area contributed by atoms with Crippen LogP contribution in [0.5, 0.6) is 0 Å². The summed E-state index contributed by atoms with van der Waals surface area (Å²) in [6, 6.07) is 0. The van der Waals surface area contributed by atoms with Gasteiger partial charge in [0.1, 0.15) is 5.82 Å². The lowest BCUT2D eigenvalue weighted by molar-refractivity contribution is -0.142. The molecular weight excluding hydrogens is 248 g/mol. The van der Waals surface area contributed by atoms with Crippen LogP contribution in [0.2, 0.25) is 0 Å². The first-order valence-corrected chi connectivity index (χ1v) is 6.41. The van der Waals surface area contributed by atoms with Gasteiger partial charge < -0.3 is 15.4 Å². The summed E-state index contributed by atoms with van der Waals surface area (Å²) in [5.74, 6) is 0.0988. The van der Waals surface area contributed by atoms with Crippen LogP contribution in [0.25, 0.3) is 0 Å². The Morgan fingerprint density at radius 1 is 1.47 bits per heavy atom. The number of carbonyl (C=O) groups is 1. The zero-order chi connectivity index (χ0) is 13.8. The van der Waals surface area contributed by atoms with E-state index >= 15 is 0 Å². The van der Waals surface area contributed by atoms with Crippen LogP contribution in [-0.4, -0.2) is 35.6 Å². The minimum absolute atomic E-state index is 0.0960. The summed E-state index contributed by atoms with van der Waals surface area (Å²) in [6.45, 7) is 3.70. The number of ether oxygens (including phenoxy) is 1. The molecule has 0 radical (unpaired) electrons. The van der Waals surface area contributed by atoms with E-state index in [2.05, 4.69) is 9.97 Å². The third-order valence-corrected chi connectivity index (χ3v) is 3.07. The van der Waals surface area contributed by atoms with Crippen LogP contribution in [-0.2, 0) is 16.0 Å². The Balaban J connectivity index is 2.22. The minimum Gasteiger partial charge on any atom is -0.466 e. The van der Waals surface area contributed by atoms with E-state index in [-0.39, 0.29) is 30.0 Å². The van der Waals surface area contributed by atoms with Gasteiger partial charge in [0.25, 0.3) is 5.56 Å². The average molecular weight is 266 g/mol. The molecule has 104 valence electrons. The molecule has 1 aromatic heterocycles. The highest BCUT2D eigenvalue weighted by atomic mass is 16.5. The van der Waals surface area contributed by atoms with Gasteiger partial charge in [0.2, 0.25) is 5.95 Å². The third kappa shape index (κ3) is 3.04. The first kappa shape index (κ1) is 13.4. The van der Waals surface area contributed by atoms with Gasteiger partial charge >= 0.3 is 5.97 Å². The number of hydrogen-bond acceptors (Lipinski definition) is 6. The summed E-state index contributed by atoms with van der Waals surface area (Å²) < 4.78 is 4.80. The first-order chi connectivity index (χ1) is 9.11. The lowest BCUT2D eigenvalue weighted by atomic mass is 10.2. The smallest absolute Gasteiger partial charge is 0.310 e. The van der Waals surface area contributed by atoms with E-state index in [1.165, 1.54) is 0 Å². The number of nitrogens with two attached hydrogens (primary N) is 1. The number of anilines is 2. The van der Waals surface area contributed by atoms with E-state index in [1.807, 2.05) is 4.90 Å². The number of esters is 1. The van der Waals surface area contributed by atoms with Gasteiger partial charge in [0.05, 0.1) is 18.6 Å². The number of H-pyrrole nitrogens is 1. The highest BCUT2D eigenvalue weighted by molar-refractivity contribution is 5.74. The molecule has 0 amide bonds. The fourth-order valence-electron chi connectivity index (χ4n) is 2.11. The van der Waals surface area contributed by atoms with E-state index in [1.54, 1.807) is 6.92 Å². The molecule has 1 fully saturated rings. The van der Waals surface area contributed by atoms with Crippen molar-refractivity contribution in [3.63, 3.8) is 0 Å². The molecule has 3 N–H and O–H groups in total. The Hall–Kier alpha value is -2.05. The van der Waals surface area contributed by atoms with Crippen molar-refractivity contribution < 1.29 is 9.53 Å². The zero-order valence-electron chi connectivity index (χ0n) is 10.9. The molecular formula is C12H18N4O3. The molecule has 7 nitrogen and oxygen atoms in total. The van der Waals surface area contributed by atoms with E-state index < -0.39 is 5.97 Å². The van der Waals surface area contributed by atoms with Gasteiger partial charge in [0.15, 0.2) is 0 Å². The molecule has 0 atom stereocenters. The average Bonchev–Trinajstić information content (AvgIpc) is 2.87. The normalized spacial score (nSPS) is 14.7. The van der Waals surface area contributed by atoms with Crippen LogP contribution in [0.3, 0.4) is 0 Å². The molecule has 0 aliphatic carbocycles. The number of nitrogens with one attached hydrogen (secondary N) is 1. The van der Waals surface area contributed by atoms with Gasteiger partial charge in [-0.2, -0.15) is 4.98 Å². The molecule has 1 aliphatic rings. The number of carbonyl (C=O) groups excluding carboxylic acids is 1. The molecule has 1 saturated heterocycles. The van der Waals surface area contributed by atoms with Gasteiger partial charge in [0, 0.05) is 13.1 Å². The summed E-state index contributed by atoms with van der Waals surface area (Å²) in [5.41, 5.74) is 5.56. The molecule has 0 spiro atoms. The standard InChI is InChI=1S/C12H18N4O3/c1-2-19-9(17)7-8-10(13)14-12(15-11(8)18)16-5-3-4-6-16/h2-7H2,1H3,(H3,13,14,15,18). The predicted octanol–water partition coefficient (Wildman–Crippen LogP) is 0.0579. The molecule has 0 aromatic carbocycles. The monoisotopic (exact) mass is 266 g/mol. The van der Waals surface area contributed by atoms with Crippen molar-refractivity contribution in [1.82, 2.24) is 9.97 Å². The summed E-state index contributed by atoms with van der Waals surface area (Å²) in [7, 11) is 0. The van der Waals surface area contributed by atoms with Gasteiger partial charge in [-0.05, 0) is 19.8 Å². The quantitative estimate of drug-likeness (QED) is 0.747. The number of nitrogen functional groups attached to an aromatic ring is 1. The van der Waals surface area contributed by atoms with E-state index in [4.69, 9.17) is 10.5 Å². The Morgan fingerprint density at radius 2 is 2.16 bits per heavy atom. The number of hydrogen-bond donors (Lipinski definition) is 2. The number of nitrogens with zero attached hydrogens (tertiary/aromatic N) is 2. The van der Waals surface area contributed by atoms with E-state index in [9.17, 15) is 9.59 Å². The Morgan fingerprint density at radius 3 is 2.74 bits per heavy atom. The summed E-state index contributed by atoms with van der Waals surface area (Å²) in [6.07, 6.45) is 2.00. The largest absolute Gasteiger partial charge is 0.466 e. The van der Waals surface area contributed by atoms with Crippen molar-refractivity contribution in [3.05, 3.63) is 15.9 Å². The van der Waals surface area contributed by atoms with Crippen LogP contribution in [0.1, 0.15) is 25.3 Å². The second-order valence-corrected chi connectivity index (χ2v) is 4.43. The third-order valence-electron chi connectivity index (χ3n) is 3.07. The fraction of sp³-hybridized carbons (Fsp3) is 0.583. The summed E-state index contributed by atoms with van der Waals surface area (Å²) in [4.78, 5) is 32.2. The molecule has 2 heterocycles. The Bertz CT molecular complexity index is 520. The summed E-state index contributed by atoms with van der Waals surface area (Å²) >= 11 is 0. The Kier molecular flexibility index (Phi) is 4.03. The van der Waals surface area contributed by atoms with Crippen LogP contribution in [0.4, 0.5) is 11.8 Å². The van der Waals surface area contributed by atoms with Gasteiger partial charge in [-0.1, -0.05) is 0 Å². The van der Waals surface area contributed by atoms with Crippen molar-refractivity contribution in [3.8, 4) is 0 Å². The maximum absolute atomic E-state index is 11.9. The molecule has 0 saturated carbocycles. The second kappa shape index (κ2) is 5.73. The number of rotatable bonds is 4. The second-order valence-electron chi connectivity index (χ2n) is 4.43. The van der Waals surface area contributed by atoms with E-state index in [0.717, 1.165) is 25.9 Å². The van der Waals surface area contributed by atoms with Crippen LogP contribution in [0.15, 0.2) is 4.79 Å². The fourth-order valence-corrected chi connectivity index (χ4v) is 2.11. The SMILES string of the molecule is CCOC(=O)Cc1c(N)nc(N2CCCC2)[nH]c1=O. The molecule has 2 rings (SSSR count). The van der Waals surface area contributed by atoms with Crippen LogP contribution >= 0.6 is 0 Å². The molecule has 19 heavy (non-hydrogen) atoms. The Labute approximate surface area is 110 Å². The van der Waals surface area contributed by atoms with Gasteiger partial charge in [-0.3, -0.25) is 14.6 Å². The van der Waals surface area contributed by atoms with Crippen LogP contribution < -0.4 is 16.2 Å². The first-order valence-electron chi connectivity index (χ1n) is 6.41. The molecule has 0 bridgehead atoms. The van der Waals surface area contributed by atoms with Crippen molar-refractivity contribution in [2.24, 2.45) is 0 Å². The van der Waals surface area contributed by atoms with Crippen LogP contribution in [0, 0.1) is 0 Å². The minimum atomic E-state index is -0.476. The van der Waals surface area contributed by atoms with Gasteiger partial charge in [-0.15, -0.1) is 0 Å². The van der Waals surface area contributed by atoms with Crippen molar-refractivity contribution in [2.45, 2.75) is 26.2 Å².